The van der Waals surface area contributed by atoms with Gasteiger partial charge in [-0.1, -0.05) is 19.1 Å². The number of anilines is 1. The van der Waals surface area contributed by atoms with Crippen LogP contribution in [0, 0.1) is 0 Å². The summed E-state index contributed by atoms with van der Waals surface area (Å²) in [5.41, 5.74) is 9.07. The lowest BCUT2D eigenvalue weighted by atomic mass is 9.98. The van der Waals surface area contributed by atoms with Crippen LogP contribution in [0.2, 0.25) is 0 Å². The maximum Gasteiger partial charge on any atom is 0.251 e. The van der Waals surface area contributed by atoms with E-state index < -0.39 is 0 Å². The second-order valence-electron chi connectivity index (χ2n) is 6.03. The highest BCUT2D eigenvalue weighted by atomic mass is 16.1. The van der Waals surface area contributed by atoms with E-state index in [2.05, 4.69) is 27.2 Å². The van der Waals surface area contributed by atoms with Crippen LogP contribution >= 0.6 is 0 Å². The molecule has 3 rings (SSSR count). The first-order chi connectivity index (χ1) is 12.1. The van der Waals surface area contributed by atoms with Crippen molar-refractivity contribution in [1.82, 2.24) is 20.3 Å². The Morgan fingerprint density at radius 1 is 1.24 bits per heavy atom. The van der Waals surface area contributed by atoms with Gasteiger partial charge in [0.25, 0.3) is 5.91 Å². The molecule has 6 nitrogen and oxygen atoms in total. The number of pyridine rings is 1. The van der Waals surface area contributed by atoms with Gasteiger partial charge in [-0.25, -0.2) is 9.97 Å². The summed E-state index contributed by atoms with van der Waals surface area (Å²) in [4.78, 5) is 24.9. The minimum Gasteiger partial charge on any atom is -0.368 e. The second kappa shape index (κ2) is 7.25. The Labute approximate surface area is 146 Å². The molecule has 2 heterocycles. The number of carbonyl (C=O) groups excluding carboxylic acids is 1. The van der Waals surface area contributed by atoms with Gasteiger partial charge < -0.3 is 11.1 Å². The summed E-state index contributed by atoms with van der Waals surface area (Å²) in [5.74, 6) is 0.393. The average molecular weight is 335 g/mol. The van der Waals surface area contributed by atoms with Crippen molar-refractivity contribution in [3.05, 3.63) is 59.5 Å². The predicted octanol–water partition coefficient (Wildman–Crippen LogP) is 2.70. The Morgan fingerprint density at radius 3 is 2.80 bits per heavy atom. The molecule has 1 amide bonds. The summed E-state index contributed by atoms with van der Waals surface area (Å²) >= 11 is 0. The fourth-order valence-corrected chi connectivity index (χ4v) is 2.86. The zero-order valence-corrected chi connectivity index (χ0v) is 14.4. The summed E-state index contributed by atoms with van der Waals surface area (Å²) < 4.78 is 0. The number of aryl methyl sites for hydroxylation is 1. The number of aromatic nitrogens is 3. The van der Waals surface area contributed by atoms with Crippen molar-refractivity contribution in [2.75, 3.05) is 12.8 Å². The van der Waals surface area contributed by atoms with Gasteiger partial charge in [-0.05, 0) is 43.0 Å². The van der Waals surface area contributed by atoms with Gasteiger partial charge in [0, 0.05) is 29.9 Å². The van der Waals surface area contributed by atoms with Gasteiger partial charge in [-0.2, -0.15) is 0 Å². The fourth-order valence-electron chi connectivity index (χ4n) is 2.86. The topological polar surface area (TPSA) is 93.8 Å². The third-order valence-corrected chi connectivity index (χ3v) is 4.29. The lowest BCUT2D eigenvalue weighted by Gasteiger charge is -2.12. The maximum absolute atomic E-state index is 11.8. The predicted molar refractivity (Wildman–Crippen MR) is 98.3 cm³/mol. The molecule has 0 aliphatic heterocycles. The van der Waals surface area contributed by atoms with Crippen LogP contribution in [-0.4, -0.2) is 27.9 Å². The molecule has 0 saturated heterocycles. The van der Waals surface area contributed by atoms with Gasteiger partial charge in [0.05, 0.1) is 11.2 Å². The number of hydrogen-bond acceptors (Lipinski definition) is 5. The second-order valence-corrected chi connectivity index (χ2v) is 6.03. The normalized spacial score (nSPS) is 12.1. The van der Waals surface area contributed by atoms with Crippen molar-refractivity contribution >= 4 is 22.8 Å². The molecule has 0 saturated carbocycles. The highest BCUT2D eigenvalue weighted by Gasteiger charge is 2.12. The van der Waals surface area contributed by atoms with Crippen LogP contribution in [0.15, 0.2) is 42.6 Å². The van der Waals surface area contributed by atoms with Crippen LogP contribution in [0.3, 0.4) is 0 Å². The standard InChI is InChI=1S/C19H21N5O/c1-12(15-5-3-4-10-22-15)6-9-16-14-8-7-13(18(25)21-2)11-17(14)24-19(20)23-16/h3-5,7-8,10-12H,6,9H2,1-2H3,(H,21,25)(H2,20,23,24). The molecule has 0 radical (unpaired) electrons. The Kier molecular flexibility index (Phi) is 4.88. The number of nitrogens with one attached hydrogen (secondary N) is 1. The molecule has 0 aliphatic rings. The molecule has 0 aliphatic carbocycles. The summed E-state index contributed by atoms with van der Waals surface area (Å²) in [7, 11) is 1.60. The Bertz CT molecular complexity index is 895. The van der Waals surface area contributed by atoms with Crippen LogP contribution in [-0.2, 0) is 6.42 Å². The van der Waals surface area contributed by atoms with Crippen LogP contribution in [0.25, 0.3) is 10.9 Å². The number of carbonyl (C=O) groups is 1. The molecular formula is C19H21N5O. The van der Waals surface area contributed by atoms with Gasteiger partial charge in [0.2, 0.25) is 5.95 Å². The highest BCUT2D eigenvalue weighted by Crippen LogP contribution is 2.23. The number of nitrogens with zero attached hydrogens (tertiary/aromatic N) is 3. The molecule has 3 aromatic rings. The molecule has 0 fully saturated rings. The summed E-state index contributed by atoms with van der Waals surface area (Å²) in [6.45, 7) is 2.15. The first-order valence-corrected chi connectivity index (χ1v) is 8.27. The van der Waals surface area contributed by atoms with Crippen molar-refractivity contribution in [3.8, 4) is 0 Å². The van der Waals surface area contributed by atoms with Crippen molar-refractivity contribution in [2.45, 2.75) is 25.7 Å². The SMILES string of the molecule is CNC(=O)c1ccc2c(CCC(C)c3ccccn3)nc(N)nc2c1. The molecule has 128 valence electrons. The van der Waals surface area contributed by atoms with E-state index in [9.17, 15) is 4.79 Å². The third kappa shape index (κ3) is 3.74. The van der Waals surface area contributed by atoms with Crippen molar-refractivity contribution in [2.24, 2.45) is 0 Å². The van der Waals surface area contributed by atoms with E-state index in [1.165, 1.54) is 0 Å². The summed E-state index contributed by atoms with van der Waals surface area (Å²) in [6, 6.07) is 11.4. The smallest absolute Gasteiger partial charge is 0.251 e. The molecule has 1 unspecified atom stereocenters. The molecule has 1 aromatic carbocycles. The van der Waals surface area contributed by atoms with Crippen LogP contribution in [0.5, 0.6) is 0 Å². The minimum absolute atomic E-state index is 0.149. The van der Waals surface area contributed by atoms with Gasteiger partial charge in [-0.3, -0.25) is 9.78 Å². The zero-order valence-electron chi connectivity index (χ0n) is 14.4. The summed E-state index contributed by atoms with van der Waals surface area (Å²) in [6.07, 6.45) is 3.48. The van der Waals surface area contributed by atoms with E-state index in [1.54, 1.807) is 19.2 Å². The number of nitrogen functional groups attached to an aromatic ring is 1. The first-order valence-electron chi connectivity index (χ1n) is 8.27. The van der Waals surface area contributed by atoms with Gasteiger partial charge in [-0.15, -0.1) is 0 Å². The third-order valence-electron chi connectivity index (χ3n) is 4.29. The molecular weight excluding hydrogens is 314 g/mol. The maximum atomic E-state index is 11.8. The molecule has 3 N–H and O–H groups in total. The van der Waals surface area contributed by atoms with Crippen LogP contribution < -0.4 is 11.1 Å². The van der Waals surface area contributed by atoms with Crippen LogP contribution in [0.4, 0.5) is 5.95 Å². The Morgan fingerprint density at radius 2 is 2.08 bits per heavy atom. The van der Waals surface area contributed by atoms with E-state index in [1.807, 2.05) is 30.5 Å². The van der Waals surface area contributed by atoms with Crippen LogP contribution in [0.1, 0.15) is 41.0 Å². The van der Waals surface area contributed by atoms with E-state index in [4.69, 9.17) is 5.73 Å². The number of benzene rings is 1. The number of nitrogens with two attached hydrogens (primary N) is 1. The molecule has 25 heavy (non-hydrogen) atoms. The van der Waals surface area contributed by atoms with Crippen molar-refractivity contribution in [3.63, 3.8) is 0 Å². The molecule has 0 spiro atoms. The molecule has 6 heteroatoms. The van der Waals surface area contributed by atoms with E-state index in [0.717, 1.165) is 29.6 Å². The number of hydrogen-bond donors (Lipinski definition) is 2. The van der Waals surface area contributed by atoms with Gasteiger partial charge >= 0.3 is 0 Å². The molecule has 1 atom stereocenters. The Balaban J connectivity index is 1.87. The van der Waals surface area contributed by atoms with Gasteiger partial charge in [0.15, 0.2) is 0 Å². The molecule has 2 aromatic heterocycles. The average Bonchev–Trinajstić information content (AvgIpc) is 2.65. The van der Waals surface area contributed by atoms with E-state index in [0.29, 0.717) is 17.0 Å². The molecule has 0 bridgehead atoms. The zero-order chi connectivity index (χ0) is 17.8. The van der Waals surface area contributed by atoms with Gasteiger partial charge in [0.1, 0.15) is 0 Å². The quantitative estimate of drug-likeness (QED) is 0.747. The minimum atomic E-state index is -0.149. The first kappa shape index (κ1) is 16.8. The van der Waals surface area contributed by atoms with Crippen molar-refractivity contribution < 1.29 is 4.79 Å². The lowest BCUT2D eigenvalue weighted by Crippen LogP contribution is -2.17. The number of amides is 1. The largest absolute Gasteiger partial charge is 0.368 e. The lowest BCUT2D eigenvalue weighted by molar-refractivity contribution is 0.0963. The van der Waals surface area contributed by atoms with E-state index in [-0.39, 0.29) is 11.9 Å². The summed E-state index contributed by atoms with van der Waals surface area (Å²) in [5, 5.41) is 3.54. The number of fused-ring (bicyclic) bond motifs is 1. The monoisotopic (exact) mass is 335 g/mol. The number of rotatable bonds is 5. The van der Waals surface area contributed by atoms with Crippen molar-refractivity contribution in [1.29, 1.82) is 0 Å². The Hall–Kier alpha value is -3.02. The van der Waals surface area contributed by atoms with E-state index >= 15 is 0 Å². The highest BCUT2D eigenvalue weighted by molar-refractivity contribution is 5.98. The fraction of sp³-hybridized carbons (Fsp3) is 0.263.